The number of nitrogens with zero attached hydrogens (tertiary/aromatic N) is 1. The summed E-state index contributed by atoms with van der Waals surface area (Å²) in [5.74, 6) is 0. The molecule has 0 amide bonds. The molecule has 1 aromatic carbocycles. The van der Waals surface area contributed by atoms with Gasteiger partial charge in [-0.3, -0.25) is 0 Å². The maximum atomic E-state index is 5.38. The van der Waals surface area contributed by atoms with E-state index in [1.54, 1.807) is 0 Å². The van der Waals surface area contributed by atoms with E-state index in [9.17, 15) is 0 Å². The van der Waals surface area contributed by atoms with Crippen molar-refractivity contribution in [3.63, 3.8) is 0 Å². The predicted octanol–water partition coefficient (Wildman–Crippen LogP) is 1.12. The van der Waals surface area contributed by atoms with E-state index in [1.165, 1.54) is 5.69 Å². The number of nitrogens with two attached hydrogens (primary N) is 1. The Labute approximate surface area is 79.5 Å². The molecule has 0 saturated heterocycles. The molecule has 0 spiro atoms. The Morgan fingerprint density at radius 2 is 1.85 bits per heavy atom. The zero-order valence-corrected chi connectivity index (χ0v) is 8.25. The fraction of sp³-hybridized carbons (Fsp3) is 0.400. The molecule has 0 fully saturated rings. The van der Waals surface area contributed by atoms with Crippen LogP contribution in [0.25, 0.3) is 0 Å². The summed E-state index contributed by atoms with van der Waals surface area (Å²) in [5, 5.41) is 3.22. The highest BCUT2D eigenvalue weighted by molar-refractivity contribution is 5.54. The van der Waals surface area contributed by atoms with Crippen LogP contribution in [-0.2, 0) is 0 Å². The number of nitrogens with one attached hydrogen (secondary N) is 1. The lowest BCUT2D eigenvalue weighted by Crippen LogP contribution is -2.13. The van der Waals surface area contributed by atoms with Gasteiger partial charge in [-0.05, 0) is 24.3 Å². The molecule has 3 heteroatoms. The molecule has 1 aromatic rings. The first kappa shape index (κ1) is 9.86. The number of hydrogen-bond acceptors (Lipinski definition) is 3. The van der Waals surface area contributed by atoms with E-state index >= 15 is 0 Å². The Hall–Kier alpha value is -1.22. The normalized spacial score (nSPS) is 9.77. The van der Waals surface area contributed by atoms with E-state index in [4.69, 9.17) is 5.73 Å². The smallest absolute Gasteiger partial charge is 0.0362 e. The molecule has 3 nitrogen and oxygen atoms in total. The molecule has 13 heavy (non-hydrogen) atoms. The molecule has 0 aliphatic heterocycles. The van der Waals surface area contributed by atoms with Gasteiger partial charge >= 0.3 is 0 Å². The van der Waals surface area contributed by atoms with E-state index in [-0.39, 0.29) is 0 Å². The molecule has 0 aliphatic rings. The third-order valence-electron chi connectivity index (χ3n) is 1.86. The van der Waals surface area contributed by atoms with Crippen LogP contribution in [0.1, 0.15) is 0 Å². The second-order valence-corrected chi connectivity index (χ2v) is 3.16. The zero-order valence-electron chi connectivity index (χ0n) is 8.25. The van der Waals surface area contributed by atoms with Gasteiger partial charge in [-0.15, -0.1) is 0 Å². The molecular formula is C10H17N3. The van der Waals surface area contributed by atoms with Crippen LogP contribution in [0.3, 0.4) is 0 Å². The van der Waals surface area contributed by atoms with Gasteiger partial charge in [-0.2, -0.15) is 0 Å². The van der Waals surface area contributed by atoms with Crippen LogP contribution < -0.4 is 16.0 Å². The van der Waals surface area contributed by atoms with Gasteiger partial charge in [0.25, 0.3) is 0 Å². The summed E-state index contributed by atoms with van der Waals surface area (Å²) in [5.41, 5.74) is 7.71. The van der Waals surface area contributed by atoms with Crippen molar-refractivity contribution in [1.82, 2.24) is 0 Å². The van der Waals surface area contributed by atoms with Crippen molar-refractivity contribution >= 4 is 11.4 Å². The van der Waals surface area contributed by atoms with Crippen molar-refractivity contribution < 1.29 is 0 Å². The average molecular weight is 179 g/mol. The van der Waals surface area contributed by atoms with Crippen LogP contribution in [0.4, 0.5) is 11.4 Å². The number of hydrogen-bond donors (Lipinski definition) is 2. The molecule has 0 saturated carbocycles. The number of rotatable bonds is 4. The Kier molecular flexibility index (Phi) is 3.58. The van der Waals surface area contributed by atoms with Crippen molar-refractivity contribution in [1.29, 1.82) is 0 Å². The lowest BCUT2D eigenvalue weighted by molar-refractivity contribution is 1.02. The Balaban J connectivity index is 2.59. The number of anilines is 2. The standard InChI is InChI=1S/C10H17N3/c1-13(2)10-5-3-9(4-6-10)12-8-7-11/h3-6,12H,7-8,11H2,1-2H3. The minimum Gasteiger partial charge on any atom is -0.384 e. The number of benzene rings is 1. The molecule has 0 aliphatic carbocycles. The lowest BCUT2D eigenvalue weighted by atomic mass is 10.2. The van der Waals surface area contributed by atoms with Crippen LogP contribution >= 0.6 is 0 Å². The van der Waals surface area contributed by atoms with E-state index in [0.29, 0.717) is 6.54 Å². The van der Waals surface area contributed by atoms with Crippen LogP contribution in [-0.4, -0.2) is 27.2 Å². The van der Waals surface area contributed by atoms with E-state index in [2.05, 4.69) is 34.5 Å². The third-order valence-corrected chi connectivity index (χ3v) is 1.86. The highest BCUT2D eigenvalue weighted by Crippen LogP contribution is 2.14. The first-order valence-electron chi connectivity index (χ1n) is 4.45. The first-order chi connectivity index (χ1) is 6.24. The van der Waals surface area contributed by atoms with Crippen molar-refractivity contribution in [3.8, 4) is 0 Å². The van der Waals surface area contributed by atoms with Crippen LogP contribution in [0.15, 0.2) is 24.3 Å². The second-order valence-electron chi connectivity index (χ2n) is 3.16. The molecular weight excluding hydrogens is 162 g/mol. The maximum absolute atomic E-state index is 5.38. The summed E-state index contributed by atoms with van der Waals surface area (Å²) in [6, 6.07) is 8.29. The monoisotopic (exact) mass is 179 g/mol. The maximum Gasteiger partial charge on any atom is 0.0362 e. The summed E-state index contributed by atoms with van der Waals surface area (Å²) in [6.07, 6.45) is 0. The third kappa shape index (κ3) is 2.95. The second kappa shape index (κ2) is 4.72. The lowest BCUT2D eigenvalue weighted by Gasteiger charge is -2.13. The van der Waals surface area contributed by atoms with Gasteiger partial charge in [0.2, 0.25) is 0 Å². The Bertz CT molecular complexity index is 241. The highest BCUT2D eigenvalue weighted by atomic mass is 15.1. The highest BCUT2D eigenvalue weighted by Gasteiger charge is 1.94. The van der Waals surface area contributed by atoms with Gasteiger partial charge in [0.1, 0.15) is 0 Å². The molecule has 0 heterocycles. The molecule has 0 unspecified atom stereocenters. The fourth-order valence-corrected chi connectivity index (χ4v) is 1.09. The van der Waals surface area contributed by atoms with Gasteiger partial charge in [0.15, 0.2) is 0 Å². The summed E-state index contributed by atoms with van der Waals surface area (Å²) in [4.78, 5) is 2.08. The Morgan fingerprint density at radius 3 is 2.31 bits per heavy atom. The van der Waals surface area contributed by atoms with Crippen molar-refractivity contribution in [2.24, 2.45) is 5.73 Å². The summed E-state index contributed by atoms with van der Waals surface area (Å²) >= 11 is 0. The Morgan fingerprint density at radius 1 is 1.23 bits per heavy atom. The van der Waals surface area contributed by atoms with Gasteiger partial charge in [-0.1, -0.05) is 0 Å². The topological polar surface area (TPSA) is 41.3 Å². The van der Waals surface area contributed by atoms with Crippen LogP contribution in [0.5, 0.6) is 0 Å². The van der Waals surface area contributed by atoms with Crippen LogP contribution in [0.2, 0.25) is 0 Å². The summed E-state index contributed by atoms with van der Waals surface area (Å²) < 4.78 is 0. The largest absolute Gasteiger partial charge is 0.384 e. The van der Waals surface area contributed by atoms with E-state index in [1.807, 2.05) is 14.1 Å². The molecule has 72 valence electrons. The molecule has 0 atom stereocenters. The first-order valence-corrected chi connectivity index (χ1v) is 4.45. The van der Waals surface area contributed by atoms with Crippen molar-refractivity contribution in [3.05, 3.63) is 24.3 Å². The predicted molar refractivity (Wildman–Crippen MR) is 58.3 cm³/mol. The summed E-state index contributed by atoms with van der Waals surface area (Å²) in [7, 11) is 4.06. The quantitative estimate of drug-likeness (QED) is 0.728. The van der Waals surface area contributed by atoms with Crippen LogP contribution in [0, 0.1) is 0 Å². The minimum atomic E-state index is 0.662. The minimum absolute atomic E-state index is 0.662. The summed E-state index contributed by atoms with van der Waals surface area (Å²) in [6.45, 7) is 1.48. The van der Waals surface area contributed by atoms with Crippen molar-refractivity contribution in [2.75, 3.05) is 37.4 Å². The molecule has 3 N–H and O–H groups in total. The van der Waals surface area contributed by atoms with Gasteiger partial charge < -0.3 is 16.0 Å². The van der Waals surface area contributed by atoms with E-state index < -0.39 is 0 Å². The zero-order chi connectivity index (χ0) is 9.68. The van der Waals surface area contributed by atoms with Gasteiger partial charge in [0.05, 0.1) is 0 Å². The van der Waals surface area contributed by atoms with Gasteiger partial charge in [0, 0.05) is 38.6 Å². The molecule has 0 aromatic heterocycles. The molecule has 0 bridgehead atoms. The van der Waals surface area contributed by atoms with Gasteiger partial charge in [-0.25, -0.2) is 0 Å². The molecule has 0 radical (unpaired) electrons. The van der Waals surface area contributed by atoms with E-state index in [0.717, 1.165) is 12.2 Å². The van der Waals surface area contributed by atoms with Crippen molar-refractivity contribution in [2.45, 2.75) is 0 Å². The average Bonchev–Trinajstić information content (AvgIpc) is 2.15. The SMILES string of the molecule is CN(C)c1ccc(NCCN)cc1. The molecule has 1 rings (SSSR count). The fourth-order valence-electron chi connectivity index (χ4n) is 1.09.